The average molecular weight is 609 g/mol. The topological polar surface area (TPSA) is 302 Å². The number of aliphatic imine (C=N–C) groups is 1. The molecule has 1 aliphatic heterocycles. The summed E-state index contributed by atoms with van der Waals surface area (Å²) in [7, 11) is 0.0777. The van der Waals surface area contributed by atoms with Crippen LogP contribution in [0, 0.1) is 0 Å². The summed E-state index contributed by atoms with van der Waals surface area (Å²) in [6.45, 7) is 0.117. The van der Waals surface area contributed by atoms with Crippen molar-refractivity contribution in [3.63, 3.8) is 0 Å². The molecule has 210 valence electrons. The number of hydrogen-bond donors (Lipinski definition) is 11. The summed E-state index contributed by atoms with van der Waals surface area (Å²) in [5.74, 6) is -2.66. The van der Waals surface area contributed by atoms with Crippen LogP contribution >= 0.6 is 10.0 Å². The van der Waals surface area contributed by atoms with Crippen molar-refractivity contribution in [1.29, 1.82) is 0 Å². The molecule has 0 aromatic rings. The first kappa shape index (κ1) is 31.4. The standard InChI is InChI=1S/C17H31AsN2O15S/c1-4(22)19-5(3-36-18(31,32)33)16(30)20-7-9(24)8(23)6(2-21)34-17(7)35-15-13(28)11(26)10(25)12(27)14(15)29/h5-15,17,21,23-29H,2-3H2,1H3,(H,19,22)(H,20,30)(H2,31,32,33)/p-1/t5-,6+,7+,8+,9+,10?,11-,12+,13+,14+,15?,17+/m0/s1. The van der Waals surface area contributed by atoms with E-state index in [-0.39, 0.29) is 10.0 Å². The van der Waals surface area contributed by atoms with Crippen molar-refractivity contribution >= 4 is 34.8 Å². The van der Waals surface area contributed by atoms with Gasteiger partial charge in [0.05, 0.1) is 0 Å². The van der Waals surface area contributed by atoms with Crippen molar-refractivity contribution in [2.24, 2.45) is 4.99 Å². The molecule has 19 heteroatoms. The first-order valence-electron chi connectivity index (χ1n) is 10.5. The first-order chi connectivity index (χ1) is 16.6. The van der Waals surface area contributed by atoms with Gasteiger partial charge < -0.3 is 5.11 Å². The van der Waals surface area contributed by atoms with Crippen molar-refractivity contribution in [1.82, 2.24) is 5.32 Å². The third kappa shape index (κ3) is 7.61. The van der Waals surface area contributed by atoms with E-state index in [1.807, 2.05) is 0 Å². The second-order valence-electron chi connectivity index (χ2n) is 8.24. The molecule has 1 heterocycles. The Labute approximate surface area is 210 Å². The van der Waals surface area contributed by atoms with Gasteiger partial charge in [0.15, 0.2) is 0 Å². The van der Waals surface area contributed by atoms with E-state index in [0.29, 0.717) is 0 Å². The summed E-state index contributed by atoms with van der Waals surface area (Å²) in [4.78, 5) is 16.3. The van der Waals surface area contributed by atoms with E-state index in [9.17, 15) is 54.5 Å². The van der Waals surface area contributed by atoms with E-state index in [4.69, 9.17) is 17.7 Å². The molecule has 11 N–H and O–H groups in total. The molecule has 0 aromatic heterocycles. The molecule has 2 rings (SSSR count). The Hall–Kier alpha value is -0.832. The zero-order valence-electron chi connectivity index (χ0n) is 18.7. The molecule has 2 aliphatic rings. The average Bonchev–Trinajstić information content (AvgIpc) is 2.80. The fraction of sp³-hybridized carbons (Fsp3) is 0.882. The monoisotopic (exact) mass is 609 g/mol. The van der Waals surface area contributed by atoms with Gasteiger partial charge in [0.25, 0.3) is 0 Å². The van der Waals surface area contributed by atoms with Crippen LogP contribution in [-0.2, 0) is 18.0 Å². The molecule has 1 amide bonds. The van der Waals surface area contributed by atoms with E-state index in [2.05, 4.69) is 10.3 Å². The fourth-order valence-corrected chi connectivity index (χ4v) is 6.36. The van der Waals surface area contributed by atoms with Crippen LogP contribution in [0.25, 0.3) is 0 Å². The Morgan fingerprint density at radius 1 is 1.03 bits per heavy atom. The fourth-order valence-electron chi connectivity index (χ4n) is 3.68. The van der Waals surface area contributed by atoms with Crippen LogP contribution in [0.5, 0.6) is 0 Å². The van der Waals surface area contributed by atoms with Gasteiger partial charge in [0.1, 0.15) is 0 Å². The van der Waals surface area contributed by atoms with Crippen molar-refractivity contribution < 1.29 is 72.2 Å². The molecule has 12 atom stereocenters. The third-order valence-electron chi connectivity index (χ3n) is 5.59. The molecular weight excluding hydrogens is 579 g/mol. The molecule has 1 saturated heterocycles. The van der Waals surface area contributed by atoms with Crippen molar-refractivity contribution in [3.05, 3.63) is 0 Å². The van der Waals surface area contributed by atoms with Gasteiger partial charge in [-0.25, -0.2) is 0 Å². The predicted molar refractivity (Wildman–Crippen MR) is 115 cm³/mol. The normalized spacial score (nSPS) is 41.1. The summed E-state index contributed by atoms with van der Waals surface area (Å²) in [5, 5.41) is 93.8. The molecular formula is C17H30AsN2O15S-. The van der Waals surface area contributed by atoms with Gasteiger partial charge in [-0.1, -0.05) is 0 Å². The maximum absolute atomic E-state index is 12.8. The van der Waals surface area contributed by atoms with Crippen LogP contribution in [0.2, 0.25) is 0 Å². The number of hydrogen-bond acceptors (Lipinski definition) is 15. The number of rotatable bonds is 9. The number of nitrogens with one attached hydrogen (secondary N) is 1. The molecule has 36 heavy (non-hydrogen) atoms. The first-order valence-corrected chi connectivity index (χ1v) is 16.2. The van der Waals surface area contributed by atoms with Crippen LogP contribution in [-0.4, -0.2) is 160 Å². The van der Waals surface area contributed by atoms with Gasteiger partial charge in [-0.2, -0.15) is 0 Å². The van der Waals surface area contributed by atoms with E-state index in [0.717, 1.165) is 6.92 Å². The van der Waals surface area contributed by atoms with E-state index < -0.39 is 110 Å². The number of ether oxygens (including phenoxy) is 2. The summed E-state index contributed by atoms with van der Waals surface area (Å²) in [5.41, 5.74) is 0. The molecule has 1 saturated carbocycles. The zero-order valence-corrected chi connectivity index (χ0v) is 21.4. The third-order valence-corrected chi connectivity index (χ3v) is 9.45. The Morgan fingerprint density at radius 2 is 1.56 bits per heavy atom. The van der Waals surface area contributed by atoms with Gasteiger partial charge in [-0.3, -0.25) is 0 Å². The van der Waals surface area contributed by atoms with Crippen molar-refractivity contribution in [2.45, 2.75) is 80.2 Å². The summed E-state index contributed by atoms with van der Waals surface area (Å²) >= 11 is -5.30. The van der Waals surface area contributed by atoms with Gasteiger partial charge >= 0.3 is 205 Å². The van der Waals surface area contributed by atoms with E-state index in [1.54, 1.807) is 0 Å². The van der Waals surface area contributed by atoms with Gasteiger partial charge in [0.2, 0.25) is 0 Å². The molecule has 1 aliphatic carbocycles. The quantitative estimate of drug-likeness (QED) is 0.0657. The minimum atomic E-state index is -5.30. The second-order valence-corrected chi connectivity index (χ2v) is 15.0. The number of aliphatic hydroxyl groups excluding tert-OH is 8. The van der Waals surface area contributed by atoms with Crippen LogP contribution in [0.4, 0.5) is 0 Å². The molecule has 0 aromatic carbocycles. The van der Waals surface area contributed by atoms with Crippen LogP contribution in [0.3, 0.4) is 0 Å². The van der Waals surface area contributed by atoms with Crippen LogP contribution in [0.15, 0.2) is 4.99 Å². The number of carbonyl (C=O) groups excluding carboxylic acids is 1. The summed E-state index contributed by atoms with van der Waals surface area (Å²) in [6, 6.07) is -3.40. The Kier molecular flexibility index (Phi) is 11.2. The van der Waals surface area contributed by atoms with Crippen LogP contribution < -0.4 is 10.4 Å². The Morgan fingerprint density at radius 3 is 2.03 bits per heavy atom. The predicted octanol–water partition coefficient (Wildman–Crippen LogP) is -8.16. The van der Waals surface area contributed by atoms with E-state index >= 15 is 0 Å². The van der Waals surface area contributed by atoms with Gasteiger partial charge in [0, 0.05) is 0 Å². The number of aliphatic hydroxyl groups is 8. The van der Waals surface area contributed by atoms with E-state index in [1.165, 1.54) is 0 Å². The number of carbonyl (C=O) groups is 1. The van der Waals surface area contributed by atoms with Crippen molar-refractivity contribution in [3.8, 4) is 0 Å². The zero-order chi connectivity index (χ0) is 27.5. The van der Waals surface area contributed by atoms with Gasteiger partial charge in [-0.15, -0.1) is 0 Å². The maximum atomic E-state index is 12.8. The molecule has 2 unspecified atom stereocenters. The second kappa shape index (κ2) is 12.8. The Balaban J connectivity index is 2.31. The molecule has 2 fully saturated rings. The molecule has 0 bridgehead atoms. The minimum absolute atomic E-state index is 0.0777. The summed E-state index contributed by atoms with van der Waals surface area (Å²) < 4.78 is 40.2. The Bertz CT molecular complexity index is 812. The van der Waals surface area contributed by atoms with Crippen LogP contribution in [0.1, 0.15) is 6.92 Å². The molecule has 17 nitrogen and oxygen atoms in total. The van der Waals surface area contributed by atoms with Gasteiger partial charge in [-0.05, 0) is 0 Å². The SMILES string of the molecule is CC([O-])=N[C@@H](CS[As](=O)(O)O)C(=O)N[C@H]1[C@@H](OC2[C@H](O)[C@H](O)C(O)[C@H](O)[C@H]2O)O[C@H](CO)[C@@H](O)[C@@H]1O. The molecule has 0 radical (unpaired) electrons. The molecule has 0 spiro atoms. The number of amides is 1. The van der Waals surface area contributed by atoms with Crippen molar-refractivity contribution in [2.75, 3.05) is 12.4 Å². The number of nitrogens with zero attached hydrogens (tertiary/aromatic N) is 1. The summed E-state index contributed by atoms with van der Waals surface area (Å²) in [6.07, 6.45) is -18.9.